The van der Waals surface area contributed by atoms with E-state index < -0.39 is 187 Å². The number of aryl methyl sites for hydroxylation is 1. The average molecular weight is 1340 g/mol. The van der Waals surface area contributed by atoms with E-state index >= 15 is 4.79 Å². The van der Waals surface area contributed by atoms with E-state index in [-0.39, 0.29) is 75.8 Å². The van der Waals surface area contributed by atoms with Crippen LogP contribution in [0.1, 0.15) is 110 Å². The molecule has 0 aliphatic carbocycles. The van der Waals surface area contributed by atoms with E-state index in [0.29, 0.717) is 39.8 Å². The van der Waals surface area contributed by atoms with Gasteiger partial charge in [-0.05, 0) is 66.2 Å². The van der Waals surface area contributed by atoms with Gasteiger partial charge in [0.25, 0.3) is 0 Å². The maximum Gasteiger partial charge on any atom is 0.246 e. The van der Waals surface area contributed by atoms with Crippen LogP contribution >= 0.6 is 11.8 Å². The molecule has 4 aliphatic rings. The molecule has 13 N–H and O–H groups in total. The highest BCUT2D eigenvalue weighted by Crippen LogP contribution is 2.30. The lowest BCUT2D eigenvalue weighted by Crippen LogP contribution is -2.58. The third kappa shape index (κ3) is 19.3. The molecule has 2 fully saturated rings. The maximum atomic E-state index is 15.1. The summed E-state index contributed by atoms with van der Waals surface area (Å²) < 4.78 is 0. The van der Waals surface area contributed by atoms with Gasteiger partial charge >= 0.3 is 0 Å². The largest absolute Gasteiger partial charge is 0.394 e. The number of aromatic nitrogens is 1. The molecule has 2 saturated heterocycles. The molecule has 0 saturated carbocycles. The van der Waals surface area contributed by atoms with E-state index in [9.17, 15) is 77.6 Å². The summed E-state index contributed by atoms with van der Waals surface area (Å²) in [6.07, 6.45) is -3.60. The molecule has 12 unspecified atom stereocenters. The third-order valence-corrected chi connectivity index (χ3v) is 19.0. The Balaban J connectivity index is 1.13. The molecular formula is C65H88N12O17S. The SMILES string of the molecule is CCC(C)C1NC(=O)CNC(=O)C2Cc3c([nH]c4ccccc34)CCC(NC(=O)CNC1=O)C(=O)NC(CC(=O)NCc1ccc(NC(=O)[C@H](C)CC(=O)C(NC(=O)CCN3C(=O)CC(SC)C3=O)C(C)C)cc1)C(=O)N1CC(O)CC1C(=O)CC(C(C)C(O)CO)C(=O)N2. The summed E-state index contributed by atoms with van der Waals surface area (Å²) in [5, 5.41) is 56.2. The second kappa shape index (κ2) is 33.7. The molecule has 12 amide bonds. The van der Waals surface area contributed by atoms with Crippen molar-refractivity contribution in [1.82, 2.24) is 57.3 Å². The first kappa shape index (κ1) is 73.8. The first-order valence-electron chi connectivity index (χ1n) is 32.1. The molecular weight excluding hydrogens is 1250 g/mol. The smallest absolute Gasteiger partial charge is 0.246 e. The van der Waals surface area contributed by atoms with Crippen molar-refractivity contribution < 1.29 is 82.4 Å². The number of aromatic amines is 1. The molecule has 95 heavy (non-hydrogen) atoms. The lowest BCUT2D eigenvalue weighted by atomic mass is 9.83. The summed E-state index contributed by atoms with van der Waals surface area (Å²) in [4.78, 5) is 200. The molecule has 0 spiro atoms. The fourth-order valence-corrected chi connectivity index (χ4v) is 12.8. The zero-order valence-electron chi connectivity index (χ0n) is 54.4. The second-order valence-corrected chi connectivity index (χ2v) is 26.4. The number of fused-ring (bicyclic) bond motifs is 5. The van der Waals surface area contributed by atoms with E-state index in [0.717, 1.165) is 9.80 Å². The van der Waals surface area contributed by atoms with Crippen molar-refractivity contribution in [2.75, 3.05) is 44.4 Å². The number of imide groups is 1. The summed E-state index contributed by atoms with van der Waals surface area (Å²) in [6.45, 7) is 6.88. The number of ketones is 2. The lowest BCUT2D eigenvalue weighted by Gasteiger charge is -2.32. The molecule has 3 aromatic rings. The number of amides is 12. The number of carbonyl (C=O) groups is 14. The Morgan fingerprint density at radius 3 is 2.12 bits per heavy atom. The van der Waals surface area contributed by atoms with E-state index in [1.54, 1.807) is 89.4 Å². The number of aliphatic hydroxyl groups is 3. The Morgan fingerprint density at radius 2 is 1.45 bits per heavy atom. The Labute approximate surface area is 553 Å². The Morgan fingerprint density at radius 1 is 0.768 bits per heavy atom. The molecule has 13 atom stereocenters. The van der Waals surface area contributed by atoms with Gasteiger partial charge in [0.2, 0.25) is 70.9 Å². The van der Waals surface area contributed by atoms with Crippen molar-refractivity contribution in [2.24, 2.45) is 29.6 Å². The van der Waals surface area contributed by atoms with Crippen LogP contribution in [0.2, 0.25) is 0 Å². The molecule has 2 bridgehead atoms. The Hall–Kier alpha value is -8.61. The van der Waals surface area contributed by atoms with Crippen molar-refractivity contribution in [3.8, 4) is 0 Å². The fourth-order valence-electron chi connectivity index (χ4n) is 12.1. The summed E-state index contributed by atoms with van der Waals surface area (Å²) >= 11 is 1.25. The predicted molar refractivity (Wildman–Crippen MR) is 345 cm³/mol. The summed E-state index contributed by atoms with van der Waals surface area (Å²) in [5.74, 6) is -14.4. The Kier molecular flexibility index (Phi) is 26.2. The number of anilines is 1. The topological polar surface area (TPSA) is 430 Å². The van der Waals surface area contributed by atoms with Gasteiger partial charge in [-0.2, -0.15) is 11.8 Å². The van der Waals surface area contributed by atoms with Crippen LogP contribution in [0.15, 0.2) is 48.5 Å². The number of nitrogens with one attached hydrogen (secondary N) is 10. The molecule has 7 rings (SSSR count). The number of Topliss-reactive ketones (excluding diaryl/α,β-unsaturated/α-hetero) is 2. The second-order valence-electron chi connectivity index (χ2n) is 25.4. The van der Waals surface area contributed by atoms with Crippen LogP contribution in [0, 0.1) is 29.6 Å². The minimum absolute atomic E-state index is 0.0523. The minimum atomic E-state index is -1.80. The number of H-pyrrole nitrogens is 1. The number of thioether (sulfide) groups is 1. The van der Waals surface area contributed by atoms with Crippen LogP contribution in [-0.4, -0.2) is 205 Å². The monoisotopic (exact) mass is 1340 g/mol. The first-order valence-corrected chi connectivity index (χ1v) is 33.4. The van der Waals surface area contributed by atoms with Gasteiger partial charge in [0.15, 0.2) is 11.6 Å². The van der Waals surface area contributed by atoms with Gasteiger partial charge in [-0.1, -0.05) is 78.3 Å². The van der Waals surface area contributed by atoms with Gasteiger partial charge in [-0.25, -0.2) is 0 Å². The number of aliphatic hydroxyl groups excluding tert-OH is 3. The minimum Gasteiger partial charge on any atom is -0.394 e. The molecule has 4 aliphatic heterocycles. The molecule has 30 heteroatoms. The van der Waals surface area contributed by atoms with Crippen LogP contribution in [-0.2, 0) is 86.5 Å². The zero-order chi connectivity index (χ0) is 69.5. The van der Waals surface area contributed by atoms with Crippen LogP contribution in [0.5, 0.6) is 0 Å². The van der Waals surface area contributed by atoms with Crippen LogP contribution in [0.3, 0.4) is 0 Å². The zero-order valence-corrected chi connectivity index (χ0v) is 55.2. The quantitative estimate of drug-likeness (QED) is 0.0583. The molecule has 516 valence electrons. The van der Waals surface area contributed by atoms with E-state index in [2.05, 4.69) is 52.8 Å². The number of hydrogen-bond donors (Lipinski definition) is 13. The highest BCUT2D eigenvalue weighted by atomic mass is 32.2. The predicted octanol–water partition coefficient (Wildman–Crippen LogP) is -1.32. The summed E-state index contributed by atoms with van der Waals surface area (Å²) in [7, 11) is 0. The third-order valence-electron chi connectivity index (χ3n) is 18.1. The number of benzene rings is 2. The number of para-hydroxylation sites is 1. The Bertz CT molecular complexity index is 3400. The maximum absolute atomic E-state index is 15.1. The number of rotatable bonds is 20. The van der Waals surface area contributed by atoms with Gasteiger partial charge in [0.05, 0.1) is 55.7 Å². The highest BCUT2D eigenvalue weighted by Gasteiger charge is 2.45. The van der Waals surface area contributed by atoms with Crippen molar-refractivity contribution in [2.45, 2.75) is 166 Å². The lowest BCUT2D eigenvalue weighted by molar-refractivity contribution is -0.144. The molecule has 29 nitrogen and oxygen atoms in total. The van der Waals surface area contributed by atoms with E-state index in [1.165, 1.54) is 18.7 Å². The molecule has 1 aromatic heterocycles. The number of nitrogens with zero attached hydrogens (tertiary/aromatic N) is 2. The van der Waals surface area contributed by atoms with E-state index in [4.69, 9.17) is 0 Å². The molecule has 2 aromatic carbocycles. The van der Waals surface area contributed by atoms with Crippen LogP contribution < -0.4 is 47.9 Å². The van der Waals surface area contributed by atoms with Gasteiger partial charge in [0.1, 0.15) is 24.2 Å². The van der Waals surface area contributed by atoms with Gasteiger partial charge in [0, 0.05) is 92.3 Å². The molecule has 0 radical (unpaired) electrons. The van der Waals surface area contributed by atoms with Crippen molar-refractivity contribution in [3.05, 3.63) is 65.4 Å². The summed E-state index contributed by atoms with van der Waals surface area (Å²) in [6, 6.07) is 4.72. The fraction of sp³-hybridized carbons (Fsp3) is 0.569. The number of likely N-dealkylation sites (tertiary alicyclic amines) is 1. The molecule has 5 heterocycles. The number of hydrogen-bond acceptors (Lipinski definition) is 18. The first-order chi connectivity index (χ1) is 45.1. The highest BCUT2D eigenvalue weighted by molar-refractivity contribution is 8.00. The average Bonchev–Trinajstić information content (AvgIpc) is 1.77. The number of carbonyl (C=O) groups excluding carboxylic acids is 14. The van der Waals surface area contributed by atoms with Gasteiger partial charge in [-0.3, -0.25) is 72.0 Å². The summed E-state index contributed by atoms with van der Waals surface area (Å²) in [5.41, 5.74) is 2.29. The van der Waals surface area contributed by atoms with Gasteiger partial charge < -0.3 is 73.1 Å². The van der Waals surface area contributed by atoms with Crippen molar-refractivity contribution in [1.29, 1.82) is 0 Å². The standard InChI is InChI=1S/C65H88N12O17S/c1-8-33(4)58-63(92)68-28-54(85)71-44-18-17-43-41(39-11-9-10-12-42(39)70-43)23-45(61(90)67-29-55(86)75-58)72-60(89)40(35(6)50(82)31-78)24-48(80)47-22-38(79)30-77(47)64(93)46(73-62(44)91)25-53(84)66-27-36-13-15-37(16-14-36)69-59(88)34(5)21-49(81)57(32(2)3)74-52(83)19-20-76-56(87)26-51(95-7)65(76)94/h9-16,32-35,38,40,44-47,50-51,57-58,70,78-79,82H,8,17-31H2,1-7H3,(H,66,84)(H,67,90)(H,68,92)(H,69,88)(H,71,85)(H,72,89)(H,73,91)(H,74,83)(H,75,86)/t33?,34-,35?,38?,40?,44?,45?,46?,47?,50?,51?,57?,58?/m1/s1. The van der Waals surface area contributed by atoms with Crippen LogP contribution in [0.4, 0.5) is 5.69 Å². The van der Waals surface area contributed by atoms with Gasteiger partial charge in [-0.15, -0.1) is 0 Å². The normalized spacial score (nSPS) is 24.6. The van der Waals surface area contributed by atoms with Crippen LogP contribution in [0.25, 0.3) is 10.9 Å². The van der Waals surface area contributed by atoms with E-state index in [1.807, 2.05) is 0 Å². The van der Waals surface area contributed by atoms with Crippen molar-refractivity contribution in [3.63, 3.8) is 0 Å². The van der Waals surface area contributed by atoms with Crippen molar-refractivity contribution >= 4 is 111 Å².